The summed E-state index contributed by atoms with van der Waals surface area (Å²) in [5.41, 5.74) is 4.31. The highest BCUT2D eigenvalue weighted by Crippen LogP contribution is 2.33. The molecule has 0 amide bonds. The van der Waals surface area contributed by atoms with Crippen molar-refractivity contribution in [2.24, 2.45) is 5.10 Å². The molecule has 2 aromatic carbocycles. The fourth-order valence-electron chi connectivity index (χ4n) is 3.45. The minimum absolute atomic E-state index is 0.131. The monoisotopic (exact) mass is 501 g/mol. The average Bonchev–Trinajstić information content (AvgIpc) is 3.58. The van der Waals surface area contributed by atoms with E-state index in [-0.39, 0.29) is 28.5 Å². The van der Waals surface area contributed by atoms with Crippen molar-refractivity contribution in [3.8, 4) is 22.8 Å². The van der Waals surface area contributed by atoms with Crippen molar-refractivity contribution in [2.45, 2.75) is 0 Å². The number of benzene rings is 2. The lowest BCUT2D eigenvalue weighted by Crippen LogP contribution is -2.04. The third-order valence-electron chi connectivity index (χ3n) is 5.19. The molecular weight excluding hydrogens is 482 g/mol. The van der Waals surface area contributed by atoms with Crippen LogP contribution >= 0.6 is 0 Å². The van der Waals surface area contributed by atoms with Crippen molar-refractivity contribution in [3.63, 3.8) is 0 Å². The molecule has 0 aliphatic rings. The highest BCUT2D eigenvalue weighted by atomic mass is 16.6. The van der Waals surface area contributed by atoms with Crippen LogP contribution in [-0.2, 0) is 0 Å². The van der Waals surface area contributed by atoms with E-state index in [1.807, 2.05) is 0 Å². The second-order valence-electron chi connectivity index (χ2n) is 7.45. The van der Waals surface area contributed by atoms with E-state index in [0.717, 1.165) is 0 Å². The van der Waals surface area contributed by atoms with Crippen LogP contribution in [0.25, 0.3) is 22.6 Å². The summed E-state index contributed by atoms with van der Waals surface area (Å²) >= 11 is 0. The molecule has 3 aromatic heterocycles. The molecule has 37 heavy (non-hydrogen) atoms. The predicted molar refractivity (Wildman–Crippen MR) is 133 cm³/mol. The summed E-state index contributed by atoms with van der Waals surface area (Å²) in [6.45, 7) is 0. The molecule has 5 aromatic rings. The molecule has 186 valence electrons. The number of carbonyl (C=O) groups is 1. The molecule has 0 fully saturated rings. The zero-order valence-corrected chi connectivity index (χ0v) is 19.5. The minimum atomic E-state index is -1.05. The Morgan fingerprint density at radius 1 is 1.00 bits per heavy atom. The van der Waals surface area contributed by atoms with E-state index in [2.05, 4.69) is 36.1 Å². The molecule has 0 bridgehead atoms. The van der Waals surface area contributed by atoms with Gasteiger partial charge in [-0.3, -0.25) is 5.43 Å². The number of carboxylic acid groups (broad SMARTS) is 1. The number of furan rings is 1. The lowest BCUT2D eigenvalue weighted by molar-refractivity contribution is 0.0697. The Hall–Kier alpha value is -5.46. The third kappa shape index (κ3) is 4.86. The number of aromatic carboxylic acids is 1. The van der Waals surface area contributed by atoms with Gasteiger partial charge in [0, 0.05) is 11.6 Å². The van der Waals surface area contributed by atoms with E-state index in [1.54, 1.807) is 62.8 Å². The first-order valence-electron chi connectivity index (χ1n) is 10.8. The van der Waals surface area contributed by atoms with Crippen LogP contribution in [0.2, 0.25) is 0 Å². The molecule has 3 N–H and O–H groups in total. The molecule has 0 radical (unpaired) electrons. The Bertz CT molecular complexity index is 1610. The SMILES string of the molecule is COc1ccc(OC)c(Nc2nc3nonc3nc2NN=Cc2ccc(-c3ccccc3C(=O)O)o2)c1. The first-order chi connectivity index (χ1) is 18.1. The number of hydrogen-bond donors (Lipinski definition) is 3. The Labute approximate surface area is 208 Å². The molecule has 13 nitrogen and oxygen atoms in total. The van der Waals surface area contributed by atoms with Gasteiger partial charge in [-0.1, -0.05) is 18.2 Å². The summed E-state index contributed by atoms with van der Waals surface area (Å²) in [5, 5.41) is 24.2. The molecule has 5 rings (SSSR count). The number of aromatic nitrogens is 4. The zero-order chi connectivity index (χ0) is 25.8. The second kappa shape index (κ2) is 10.0. The van der Waals surface area contributed by atoms with Crippen LogP contribution in [0.3, 0.4) is 0 Å². The number of nitrogens with zero attached hydrogens (tertiary/aromatic N) is 5. The van der Waals surface area contributed by atoms with Crippen LogP contribution in [0.1, 0.15) is 16.1 Å². The van der Waals surface area contributed by atoms with Gasteiger partial charge in [0.15, 0.2) is 11.6 Å². The van der Waals surface area contributed by atoms with Gasteiger partial charge >= 0.3 is 5.97 Å². The second-order valence-corrected chi connectivity index (χ2v) is 7.45. The van der Waals surface area contributed by atoms with Crippen LogP contribution in [0.4, 0.5) is 17.3 Å². The third-order valence-corrected chi connectivity index (χ3v) is 5.19. The van der Waals surface area contributed by atoms with Gasteiger partial charge in [-0.15, -0.1) is 0 Å². The van der Waals surface area contributed by atoms with Gasteiger partial charge in [0.2, 0.25) is 11.3 Å². The van der Waals surface area contributed by atoms with Crippen molar-refractivity contribution in [1.82, 2.24) is 20.3 Å². The van der Waals surface area contributed by atoms with Crippen LogP contribution in [0.5, 0.6) is 11.5 Å². The van der Waals surface area contributed by atoms with Crippen LogP contribution in [0, 0.1) is 0 Å². The van der Waals surface area contributed by atoms with Crippen molar-refractivity contribution in [1.29, 1.82) is 0 Å². The number of carboxylic acids is 1. The number of hydrazone groups is 1. The fraction of sp³-hybridized carbons (Fsp3) is 0.0833. The first kappa shape index (κ1) is 23.3. The zero-order valence-electron chi connectivity index (χ0n) is 19.5. The molecule has 0 saturated heterocycles. The van der Waals surface area contributed by atoms with Crippen LogP contribution in [0.15, 0.2) is 68.7 Å². The lowest BCUT2D eigenvalue weighted by atomic mass is 10.1. The Morgan fingerprint density at radius 3 is 2.54 bits per heavy atom. The number of methoxy groups -OCH3 is 2. The van der Waals surface area contributed by atoms with Gasteiger partial charge < -0.3 is 24.3 Å². The Morgan fingerprint density at radius 2 is 1.78 bits per heavy atom. The van der Waals surface area contributed by atoms with Crippen molar-refractivity contribution < 1.29 is 28.4 Å². The molecule has 0 saturated carbocycles. The Kier molecular flexibility index (Phi) is 6.31. The highest BCUT2D eigenvalue weighted by molar-refractivity contribution is 5.95. The van der Waals surface area contributed by atoms with Gasteiger partial charge in [-0.05, 0) is 40.6 Å². The molecule has 0 aliphatic carbocycles. The molecule has 0 unspecified atom stereocenters. The normalized spacial score (nSPS) is 11.1. The highest BCUT2D eigenvalue weighted by Gasteiger charge is 2.16. The summed E-state index contributed by atoms with van der Waals surface area (Å²) in [4.78, 5) is 20.3. The number of rotatable bonds is 9. The Balaban J connectivity index is 1.41. The van der Waals surface area contributed by atoms with Gasteiger partial charge in [-0.25, -0.2) is 14.4 Å². The predicted octanol–water partition coefficient (Wildman–Crippen LogP) is 4.18. The van der Waals surface area contributed by atoms with Gasteiger partial charge in [0.1, 0.15) is 23.0 Å². The summed E-state index contributed by atoms with van der Waals surface area (Å²) in [6.07, 6.45) is 1.41. The summed E-state index contributed by atoms with van der Waals surface area (Å²) in [7, 11) is 3.10. The van der Waals surface area contributed by atoms with Crippen LogP contribution < -0.4 is 20.2 Å². The first-order valence-corrected chi connectivity index (χ1v) is 10.8. The topological polar surface area (TPSA) is 170 Å². The standard InChI is InChI=1S/C24H19N7O6/c1-34-13-7-10-19(35-2)17(11-13)26-20-21(28-23-22(27-20)30-37-31-23)29-25-12-14-8-9-18(36-14)15-5-3-4-6-16(15)24(32)33/h3-12H,1-2H3,(H,32,33)(H,26,27,30)(H,28,29,31). The maximum Gasteiger partial charge on any atom is 0.336 e. The van der Waals surface area contributed by atoms with E-state index < -0.39 is 5.97 Å². The number of fused-ring (bicyclic) bond motifs is 1. The smallest absolute Gasteiger partial charge is 0.336 e. The molecule has 13 heteroatoms. The van der Waals surface area contributed by atoms with E-state index >= 15 is 0 Å². The van der Waals surface area contributed by atoms with Crippen molar-refractivity contribution in [3.05, 3.63) is 65.9 Å². The molecule has 0 aliphatic heterocycles. The fourth-order valence-corrected chi connectivity index (χ4v) is 3.45. The number of ether oxygens (including phenoxy) is 2. The summed E-state index contributed by atoms with van der Waals surface area (Å²) < 4.78 is 21.2. The van der Waals surface area contributed by atoms with E-state index in [0.29, 0.717) is 34.3 Å². The summed E-state index contributed by atoms with van der Waals surface area (Å²) in [5.74, 6) is 1.35. The molecular formula is C24H19N7O6. The van der Waals surface area contributed by atoms with Gasteiger partial charge in [0.05, 0.1) is 31.7 Å². The summed E-state index contributed by atoms with van der Waals surface area (Å²) in [6, 6.07) is 15.1. The van der Waals surface area contributed by atoms with Gasteiger partial charge in [0.25, 0.3) is 0 Å². The van der Waals surface area contributed by atoms with E-state index in [9.17, 15) is 9.90 Å². The number of hydrogen-bond acceptors (Lipinski definition) is 12. The van der Waals surface area contributed by atoms with Crippen molar-refractivity contribution in [2.75, 3.05) is 25.0 Å². The molecule has 0 atom stereocenters. The maximum absolute atomic E-state index is 11.5. The average molecular weight is 501 g/mol. The maximum atomic E-state index is 11.5. The van der Waals surface area contributed by atoms with Gasteiger partial charge in [-0.2, -0.15) is 10.1 Å². The number of anilines is 3. The van der Waals surface area contributed by atoms with Crippen molar-refractivity contribution >= 4 is 40.8 Å². The van der Waals surface area contributed by atoms with Crippen LogP contribution in [-0.4, -0.2) is 51.8 Å². The minimum Gasteiger partial charge on any atom is -0.497 e. The van der Waals surface area contributed by atoms with E-state index in [1.165, 1.54) is 12.3 Å². The molecule has 3 heterocycles. The number of nitrogens with one attached hydrogen (secondary N) is 2. The quantitative estimate of drug-likeness (QED) is 0.195. The molecule has 0 spiro atoms. The largest absolute Gasteiger partial charge is 0.497 e. The lowest BCUT2D eigenvalue weighted by Gasteiger charge is -2.13. The van der Waals surface area contributed by atoms with E-state index in [4.69, 9.17) is 18.5 Å².